The quantitative estimate of drug-likeness (QED) is 0.260. The summed E-state index contributed by atoms with van der Waals surface area (Å²) in [4.78, 5) is 27.9. The van der Waals surface area contributed by atoms with E-state index in [1.54, 1.807) is 28.4 Å². The fourth-order valence-corrected chi connectivity index (χ4v) is 6.51. The second kappa shape index (κ2) is 13.0. The predicted molar refractivity (Wildman–Crippen MR) is 166 cm³/mol. The number of hydrogen-bond donors (Lipinski definition) is 1. The molecule has 1 heterocycles. The van der Waals surface area contributed by atoms with Crippen LogP contribution in [0.1, 0.15) is 48.3 Å². The smallest absolute Gasteiger partial charge is 0.337 e. The average molecular weight is 649 g/mol. The van der Waals surface area contributed by atoms with Gasteiger partial charge in [0.15, 0.2) is 28.8 Å². The summed E-state index contributed by atoms with van der Waals surface area (Å²) in [5.41, 5.74) is 4.90. The molecule has 0 aromatic heterocycles. The Morgan fingerprint density at radius 2 is 1.56 bits per heavy atom. The zero-order valence-electron chi connectivity index (χ0n) is 24.8. The lowest BCUT2D eigenvalue weighted by Gasteiger charge is -2.37. The molecule has 0 bridgehead atoms. The third-order valence-electron chi connectivity index (χ3n) is 7.93. The van der Waals surface area contributed by atoms with Crippen LogP contribution in [0, 0.1) is 0 Å². The molecule has 0 saturated carbocycles. The molecule has 5 rings (SSSR count). The van der Waals surface area contributed by atoms with Crippen LogP contribution in [0.5, 0.6) is 23.0 Å². The highest BCUT2D eigenvalue weighted by Crippen LogP contribution is 2.49. The highest BCUT2D eigenvalue weighted by atomic mass is 79.9. The summed E-state index contributed by atoms with van der Waals surface area (Å²) in [6.45, 7) is 1.95. The summed E-state index contributed by atoms with van der Waals surface area (Å²) in [7, 11) is 6.30. The summed E-state index contributed by atoms with van der Waals surface area (Å²) in [6, 6.07) is 18.9. The standard InChI is InChI=1S/C34H34BrNO7/c1-19-30(34(38)43-18-20-9-7-6-8-10-20)31(23-13-24(35)33(42-5)29(17-23)41-4)32-25(36-19)14-22(15-26(32)37)21-11-12-27(39-2)28(16-21)40-3/h6-13,16-17,22,31,36H,14-15,18H2,1-5H3/t22-,31-/m1/s1. The molecule has 0 unspecified atom stereocenters. The van der Waals surface area contributed by atoms with Crippen molar-refractivity contribution in [2.24, 2.45) is 0 Å². The maximum atomic E-state index is 14.1. The number of ether oxygens (including phenoxy) is 5. The van der Waals surface area contributed by atoms with E-state index < -0.39 is 11.9 Å². The number of Topliss-reactive ketones (excluding diaryl/α,β-unsaturated/α-hetero) is 1. The average Bonchev–Trinajstić information content (AvgIpc) is 3.02. The number of nitrogens with one attached hydrogen (secondary N) is 1. The monoisotopic (exact) mass is 647 g/mol. The molecule has 0 amide bonds. The highest BCUT2D eigenvalue weighted by molar-refractivity contribution is 9.10. The van der Waals surface area contributed by atoms with E-state index in [1.165, 1.54) is 0 Å². The highest BCUT2D eigenvalue weighted by Gasteiger charge is 2.42. The molecular formula is C34H34BrNO7. The van der Waals surface area contributed by atoms with Crippen LogP contribution in [0.15, 0.2) is 87.7 Å². The van der Waals surface area contributed by atoms with Gasteiger partial charge in [-0.15, -0.1) is 0 Å². The summed E-state index contributed by atoms with van der Waals surface area (Å²) < 4.78 is 28.5. The van der Waals surface area contributed by atoms with Gasteiger partial charge in [0.25, 0.3) is 0 Å². The van der Waals surface area contributed by atoms with Crippen molar-refractivity contribution in [3.05, 3.63) is 104 Å². The Labute approximate surface area is 259 Å². The molecule has 0 radical (unpaired) electrons. The van der Waals surface area contributed by atoms with Gasteiger partial charge < -0.3 is 29.0 Å². The maximum Gasteiger partial charge on any atom is 0.337 e. The number of dihydropyridines is 1. The van der Waals surface area contributed by atoms with Gasteiger partial charge in [0.2, 0.25) is 0 Å². The van der Waals surface area contributed by atoms with Crippen LogP contribution >= 0.6 is 15.9 Å². The van der Waals surface area contributed by atoms with Crippen LogP contribution in [0.25, 0.3) is 0 Å². The van der Waals surface area contributed by atoms with E-state index in [9.17, 15) is 9.59 Å². The predicted octanol–water partition coefficient (Wildman–Crippen LogP) is 6.59. The van der Waals surface area contributed by atoms with E-state index in [0.717, 1.165) is 16.8 Å². The first-order valence-electron chi connectivity index (χ1n) is 13.9. The third kappa shape index (κ3) is 5.99. The van der Waals surface area contributed by atoms with Crippen molar-refractivity contribution >= 4 is 27.7 Å². The molecule has 0 fully saturated rings. The summed E-state index contributed by atoms with van der Waals surface area (Å²) >= 11 is 3.59. The molecule has 8 nitrogen and oxygen atoms in total. The van der Waals surface area contributed by atoms with Crippen molar-refractivity contribution < 1.29 is 33.3 Å². The van der Waals surface area contributed by atoms with E-state index in [-0.39, 0.29) is 24.7 Å². The van der Waals surface area contributed by atoms with Crippen LogP contribution in [0.2, 0.25) is 0 Å². The lowest BCUT2D eigenvalue weighted by Crippen LogP contribution is -2.36. The van der Waals surface area contributed by atoms with E-state index in [1.807, 2.05) is 67.6 Å². The third-order valence-corrected chi connectivity index (χ3v) is 8.52. The number of rotatable bonds is 9. The number of esters is 1. The Morgan fingerprint density at radius 1 is 0.860 bits per heavy atom. The fraction of sp³-hybridized carbons (Fsp3) is 0.294. The van der Waals surface area contributed by atoms with Crippen LogP contribution in [-0.2, 0) is 20.9 Å². The van der Waals surface area contributed by atoms with Crippen molar-refractivity contribution in [1.29, 1.82) is 0 Å². The van der Waals surface area contributed by atoms with Gasteiger partial charge in [-0.1, -0.05) is 36.4 Å². The zero-order chi connectivity index (χ0) is 30.7. The van der Waals surface area contributed by atoms with Gasteiger partial charge in [-0.25, -0.2) is 4.79 Å². The first-order chi connectivity index (χ1) is 20.8. The minimum absolute atomic E-state index is 0.0506. The SMILES string of the molecule is COc1ccc([C@H]2CC(=O)C3=C(C2)NC(C)=C(C(=O)OCc2ccccc2)[C@H]3c2cc(Br)c(OC)c(OC)c2)cc1OC. The molecule has 1 aliphatic heterocycles. The molecule has 1 aliphatic carbocycles. The minimum atomic E-state index is -0.672. The number of hydrogen-bond acceptors (Lipinski definition) is 8. The first-order valence-corrected chi connectivity index (χ1v) is 14.7. The zero-order valence-corrected chi connectivity index (χ0v) is 26.4. The number of benzene rings is 3. The number of allylic oxidation sites excluding steroid dienone is 3. The van der Waals surface area contributed by atoms with E-state index in [0.29, 0.717) is 56.3 Å². The van der Waals surface area contributed by atoms with Crippen molar-refractivity contribution in [2.45, 2.75) is 38.2 Å². The molecule has 0 spiro atoms. The van der Waals surface area contributed by atoms with E-state index in [2.05, 4.69) is 21.2 Å². The lowest BCUT2D eigenvalue weighted by molar-refractivity contribution is -0.140. The van der Waals surface area contributed by atoms with Crippen LogP contribution < -0.4 is 24.3 Å². The van der Waals surface area contributed by atoms with Crippen molar-refractivity contribution in [3.63, 3.8) is 0 Å². The van der Waals surface area contributed by atoms with Gasteiger partial charge in [-0.3, -0.25) is 4.79 Å². The van der Waals surface area contributed by atoms with Crippen molar-refractivity contribution in [3.8, 4) is 23.0 Å². The second-order valence-electron chi connectivity index (χ2n) is 10.4. The van der Waals surface area contributed by atoms with Gasteiger partial charge in [-0.2, -0.15) is 0 Å². The van der Waals surface area contributed by atoms with Gasteiger partial charge in [-0.05, 0) is 76.1 Å². The molecule has 3 aromatic rings. The fourth-order valence-electron chi connectivity index (χ4n) is 5.89. The van der Waals surface area contributed by atoms with E-state index in [4.69, 9.17) is 23.7 Å². The lowest BCUT2D eigenvalue weighted by atomic mass is 9.71. The Hall–Kier alpha value is -4.24. The van der Waals surface area contributed by atoms with Crippen LogP contribution in [0.4, 0.5) is 0 Å². The number of carbonyl (C=O) groups is 2. The second-order valence-corrected chi connectivity index (χ2v) is 11.3. The van der Waals surface area contributed by atoms with Crippen molar-refractivity contribution in [1.82, 2.24) is 5.32 Å². The Morgan fingerprint density at radius 3 is 2.23 bits per heavy atom. The van der Waals surface area contributed by atoms with Gasteiger partial charge >= 0.3 is 5.97 Å². The minimum Gasteiger partial charge on any atom is -0.493 e. The topological polar surface area (TPSA) is 92.3 Å². The molecule has 43 heavy (non-hydrogen) atoms. The molecular weight excluding hydrogens is 614 g/mol. The molecule has 2 atom stereocenters. The number of ketones is 1. The van der Waals surface area contributed by atoms with Gasteiger partial charge in [0, 0.05) is 29.3 Å². The summed E-state index contributed by atoms with van der Waals surface area (Å²) in [6.07, 6.45) is 0.845. The Kier molecular flexibility index (Phi) is 9.11. The van der Waals surface area contributed by atoms with Crippen molar-refractivity contribution in [2.75, 3.05) is 28.4 Å². The number of methoxy groups -OCH3 is 4. The molecule has 0 saturated heterocycles. The number of halogens is 1. The number of carbonyl (C=O) groups excluding carboxylic acids is 2. The van der Waals surface area contributed by atoms with Crippen LogP contribution in [-0.4, -0.2) is 40.2 Å². The van der Waals surface area contributed by atoms with Gasteiger partial charge in [0.05, 0.1) is 38.5 Å². The molecule has 3 aromatic carbocycles. The first kappa shape index (κ1) is 30.2. The molecule has 9 heteroatoms. The summed E-state index contributed by atoms with van der Waals surface area (Å²) in [5.74, 6) is 0.930. The molecule has 224 valence electrons. The Balaban J connectivity index is 1.57. The normalized spacial score (nSPS) is 18.0. The van der Waals surface area contributed by atoms with Gasteiger partial charge in [0.1, 0.15) is 6.61 Å². The summed E-state index contributed by atoms with van der Waals surface area (Å²) in [5, 5.41) is 3.41. The maximum absolute atomic E-state index is 14.1. The molecule has 2 aliphatic rings. The Bertz CT molecular complexity index is 1610. The van der Waals surface area contributed by atoms with Crippen LogP contribution in [0.3, 0.4) is 0 Å². The van der Waals surface area contributed by atoms with E-state index >= 15 is 0 Å². The molecule has 1 N–H and O–H groups in total. The largest absolute Gasteiger partial charge is 0.493 e.